The summed E-state index contributed by atoms with van der Waals surface area (Å²) in [7, 11) is 0. The van der Waals surface area contributed by atoms with Gasteiger partial charge < -0.3 is 11.1 Å². The van der Waals surface area contributed by atoms with Crippen molar-refractivity contribution in [1.82, 2.24) is 5.32 Å². The van der Waals surface area contributed by atoms with Gasteiger partial charge in [-0.3, -0.25) is 4.79 Å². The van der Waals surface area contributed by atoms with E-state index < -0.39 is 0 Å². The van der Waals surface area contributed by atoms with Crippen LogP contribution in [0, 0.1) is 0 Å². The summed E-state index contributed by atoms with van der Waals surface area (Å²) in [6.07, 6.45) is 2.26. The molecule has 1 aromatic rings. The molecule has 0 aromatic heterocycles. The molecule has 0 saturated heterocycles. The van der Waals surface area contributed by atoms with Gasteiger partial charge in [-0.2, -0.15) is 0 Å². The number of amides is 1. The molecule has 3 nitrogen and oxygen atoms in total. The minimum absolute atomic E-state index is 0.229. The molecule has 3 N–H and O–H groups in total. The molecule has 0 radical (unpaired) electrons. The van der Waals surface area contributed by atoms with Crippen LogP contribution < -0.4 is 11.1 Å². The van der Waals surface area contributed by atoms with Crippen molar-refractivity contribution < 1.29 is 4.79 Å². The fourth-order valence-corrected chi connectivity index (χ4v) is 1.84. The van der Waals surface area contributed by atoms with Crippen molar-refractivity contribution in [3.8, 4) is 0 Å². The summed E-state index contributed by atoms with van der Waals surface area (Å²) >= 11 is 5.93. The predicted octanol–water partition coefficient (Wildman–Crippen LogP) is 2.65. The number of carbonyl (C=O) groups excluding carboxylic acids is 1. The van der Waals surface area contributed by atoms with Gasteiger partial charge in [0.2, 0.25) is 5.91 Å². The van der Waals surface area contributed by atoms with E-state index in [1.54, 1.807) is 0 Å². The number of nitrogens with two attached hydrogens (primary N) is 1. The van der Waals surface area contributed by atoms with Gasteiger partial charge >= 0.3 is 0 Å². The highest BCUT2D eigenvalue weighted by Crippen LogP contribution is 2.17. The number of hydrogen-bond acceptors (Lipinski definition) is 2. The number of carbonyl (C=O) groups is 1. The van der Waals surface area contributed by atoms with Gasteiger partial charge in [-0.1, -0.05) is 23.7 Å². The summed E-state index contributed by atoms with van der Waals surface area (Å²) < 4.78 is 0. The highest BCUT2D eigenvalue weighted by Gasteiger charge is 2.04. The van der Waals surface area contributed by atoms with Crippen LogP contribution in [0.3, 0.4) is 0 Å². The Bertz CT molecular complexity index is 368. The minimum atomic E-state index is -0.229. The van der Waals surface area contributed by atoms with E-state index >= 15 is 0 Å². The molecule has 0 unspecified atom stereocenters. The van der Waals surface area contributed by atoms with Crippen molar-refractivity contribution in [2.24, 2.45) is 5.73 Å². The van der Waals surface area contributed by atoms with Gasteiger partial charge in [-0.15, -0.1) is 0 Å². The molecule has 1 rings (SSSR count). The predicted molar refractivity (Wildman–Crippen MR) is 70.9 cm³/mol. The molecule has 1 amide bonds. The quantitative estimate of drug-likeness (QED) is 0.735. The lowest BCUT2D eigenvalue weighted by molar-refractivity contribution is -0.118. The first-order valence-electron chi connectivity index (χ1n) is 5.86. The summed E-state index contributed by atoms with van der Waals surface area (Å²) in [5.41, 5.74) is 6.24. The van der Waals surface area contributed by atoms with Crippen molar-refractivity contribution in [2.45, 2.75) is 32.2 Å². The maximum Gasteiger partial charge on any atom is 0.217 e. The Hall–Kier alpha value is -1.06. The summed E-state index contributed by atoms with van der Waals surface area (Å²) in [6, 6.07) is 8.09. The average Bonchev–Trinajstić information content (AvgIpc) is 2.28. The standard InChI is InChI=1S/C13H19ClN2O/c1-10(11-5-4-6-12(14)9-11)16-8-3-2-7-13(15)17/h4-6,9-10,16H,2-3,7-8H2,1H3,(H2,15,17)/t10-/m1/s1. The smallest absolute Gasteiger partial charge is 0.217 e. The first-order valence-corrected chi connectivity index (χ1v) is 6.24. The molecule has 0 spiro atoms. The topological polar surface area (TPSA) is 55.1 Å². The van der Waals surface area contributed by atoms with Crippen LogP contribution in [0.15, 0.2) is 24.3 Å². The van der Waals surface area contributed by atoms with Gasteiger partial charge in [0.05, 0.1) is 0 Å². The van der Waals surface area contributed by atoms with E-state index in [4.69, 9.17) is 17.3 Å². The third kappa shape index (κ3) is 5.71. The van der Waals surface area contributed by atoms with Crippen LogP contribution in [0.4, 0.5) is 0 Å². The molecule has 4 heteroatoms. The number of benzene rings is 1. The molecule has 1 atom stereocenters. The molecule has 17 heavy (non-hydrogen) atoms. The van der Waals surface area contributed by atoms with Crippen LogP contribution in [0.5, 0.6) is 0 Å². The maximum absolute atomic E-state index is 10.5. The molecule has 0 saturated carbocycles. The third-order valence-electron chi connectivity index (χ3n) is 2.65. The molecule has 0 fully saturated rings. The number of rotatable bonds is 7. The van der Waals surface area contributed by atoms with Crippen molar-refractivity contribution >= 4 is 17.5 Å². The number of unbranched alkanes of at least 4 members (excludes halogenated alkanes) is 1. The third-order valence-corrected chi connectivity index (χ3v) is 2.88. The van der Waals surface area contributed by atoms with E-state index in [9.17, 15) is 4.79 Å². The largest absolute Gasteiger partial charge is 0.370 e. The molecule has 94 valence electrons. The zero-order valence-electron chi connectivity index (χ0n) is 10.1. The number of nitrogens with one attached hydrogen (secondary N) is 1. The SMILES string of the molecule is C[C@@H](NCCCCC(N)=O)c1cccc(Cl)c1. The van der Waals surface area contributed by atoms with Crippen molar-refractivity contribution in [3.63, 3.8) is 0 Å². The van der Waals surface area contributed by atoms with Gasteiger partial charge in [-0.05, 0) is 44.0 Å². The molecule has 0 aliphatic heterocycles. The number of halogens is 1. The van der Waals surface area contributed by atoms with E-state index in [0.29, 0.717) is 6.42 Å². The van der Waals surface area contributed by atoms with Gasteiger partial charge in [0, 0.05) is 17.5 Å². The zero-order chi connectivity index (χ0) is 12.7. The van der Waals surface area contributed by atoms with Crippen LogP contribution in [-0.2, 0) is 4.79 Å². The Morgan fingerprint density at radius 2 is 2.24 bits per heavy atom. The molecular weight excluding hydrogens is 236 g/mol. The van der Waals surface area contributed by atoms with Gasteiger partial charge in [0.1, 0.15) is 0 Å². The lowest BCUT2D eigenvalue weighted by atomic mass is 10.1. The molecule has 0 heterocycles. The fourth-order valence-electron chi connectivity index (χ4n) is 1.64. The molecule has 0 aliphatic rings. The summed E-state index contributed by atoms with van der Waals surface area (Å²) in [6.45, 7) is 2.97. The lowest BCUT2D eigenvalue weighted by Gasteiger charge is -2.14. The monoisotopic (exact) mass is 254 g/mol. The Kier molecular flexibility index (Phi) is 6.01. The minimum Gasteiger partial charge on any atom is -0.370 e. The Balaban J connectivity index is 2.25. The zero-order valence-corrected chi connectivity index (χ0v) is 10.8. The number of primary amides is 1. The Morgan fingerprint density at radius 1 is 1.47 bits per heavy atom. The van der Waals surface area contributed by atoms with E-state index in [1.165, 1.54) is 5.56 Å². The van der Waals surface area contributed by atoms with Crippen LogP contribution in [0.25, 0.3) is 0 Å². The van der Waals surface area contributed by atoms with Crippen LogP contribution in [0.1, 0.15) is 37.8 Å². The van der Waals surface area contributed by atoms with Crippen LogP contribution in [0.2, 0.25) is 5.02 Å². The van der Waals surface area contributed by atoms with E-state index in [0.717, 1.165) is 24.4 Å². The molecule has 1 aromatic carbocycles. The number of hydrogen-bond donors (Lipinski definition) is 2. The second kappa shape index (κ2) is 7.30. The van der Waals surface area contributed by atoms with Crippen LogP contribution in [-0.4, -0.2) is 12.5 Å². The molecule has 0 bridgehead atoms. The van der Waals surface area contributed by atoms with Gasteiger partial charge in [-0.25, -0.2) is 0 Å². The van der Waals surface area contributed by atoms with Gasteiger partial charge in [0.25, 0.3) is 0 Å². The first kappa shape index (κ1) is 14.0. The fraction of sp³-hybridized carbons (Fsp3) is 0.462. The van der Waals surface area contributed by atoms with Crippen molar-refractivity contribution in [2.75, 3.05) is 6.54 Å². The second-order valence-electron chi connectivity index (χ2n) is 4.15. The second-order valence-corrected chi connectivity index (χ2v) is 4.59. The molecule has 0 aliphatic carbocycles. The average molecular weight is 255 g/mol. The summed E-state index contributed by atoms with van der Waals surface area (Å²) in [4.78, 5) is 10.5. The van der Waals surface area contributed by atoms with E-state index in [1.807, 2.05) is 24.3 Å². The van der Waals surface area contributed by atoms with Crippen molar-refractivity contribution in [3.05, 3.63) is 34.9 Å². The van der Waals surface area contributed by atoms with Gasteiger partial charge in [0.15, 0.2) is 0 Å². The Labute approximate surface area is 107 Å². The summed E-state index contributed by atoms with van der Waals surface area (Å²) in [5.74, 6) is -0.229. The summed E-state index contributed by atoms with van der Waals surface area (Å²) in [5, 5.41) is 4.14. The van der Waals surface area contributed by atoms with E-state index in [2.05, 4.69) is 12.2 Å². The normalized spacial score (nSPS) is 12.4. The molecular formula is C13H19ClN2O. The Morgan fingerprint density at radius 3 is 2.88 bits per heavy atom. The highest BCUT2D eigenvalue weighted by molar-refractivity contribution is 6.30. The highest BCUT2D eigenvalue weighted by atomic mass is 35.5. The first-order chi connectivity index (χ1) is 8.09. The van der Waals surface area contributed by atoms with E-state index in [-0.39, 0.29) is 11.9 Å². The van der Waals surface area contributed by atoms with Crippen molar-refractivity contribution in [1.29, 1.82) is 0 Å². The maximum atomic E-state index is 10.5. The lowest BCUT2D eigenvalue weighted by Crippen LogP contribution is -2.20. The van der Waals surface area contributed by atoms with Crippen LogP contribution >= 0.6 is 11.6 Å².